The third-order valence-corrected chi connectivity index (χ3v) is 7.73. The van der Waals surface area contributed by atoms with Gasteiger partial charge in [0.05, 0.1) is 22.9 Å². The number of nitrogens with one attached hydrogen (secondary N) is 1. The summed E-state index contributed by atoms with van der Waals surface area (Å²) in [7, 11) is 1.82. The number of amides is 1. The van der Waals surface area contributed by atoms with Crippen LogP contribution in [0.15, 0.2) is 47.9 Å². The Kier molecular flexibility index (Phi) is 5.75. The lowest BCUT2D eigenvalue weighted by atomic mass is 9.92. The Labute approximate surface area is 193 Å². The summed E-state index contributed by atoms with van der Waals surface area (Å²) in [6.07, 6.45) is 7.21. The van der Waals surface area contributed by atoms with E-state index in [2.05, 4.69) is 20.4 Å². The molecule has 4 aromatic rings. The minimum absolute atomic E-state index is 0.0270. The fraction of sp³-hybridized carbons (Fsp3) is 0.261. The summed E-state index contributed by atoms with van der Waals surface area (Å²) in [5, 5.41) is 9.42. The molecule has 0 fully saturated rings. The van der Waals surface area contributed by atoms with Gasteiger partial charge in [-0.1, -0.05) is 42.1 Å². The lowest BCUT2D eigenvalue weighted by Gasteiger charge is -2.12. The molecule has 162 valence electrons. The lowest BCUT2D eigenvalue weighted by molar-refractivity contribution is -0.113. The largest absolute Gasteiger partial charge is 0.316 e. The van der Waals surface area contributed by atoms with E-state index in [9.17, 15) is 9.59 Å². The number of rotatable bonds is 6. The van der Waals surface area contributed by atoms with Crippen LogP contribution in [0.2, 0.25) is 0 Å². The zero-order chi connectivity index (χ0) is 22.1. The Morgan fingerprint density at radius 3 is 2.81 bits per heavy atom. The topological polar surface area (TPSA) is 89.8 Å². The quantitative estimate of drug-likeness (QED) is 0.261. The molecule has 1 amide bonds. The van der Waals surface area contributed by atoms with Gasteiger partial charge in [0.25, 0.3) is 0 Å². The number of thioether (sulfide) groups is 1. The van der Waals surface area contributed by atoms with Gasteiger partial charge in [0.2, 0.25) is 5.91 Å². The molecular weight excluding hydrogens is 442 g/mol. The number of hydrogen-bond acceptors (Lipinski definition) is 7. The SMILES string of the molecule is Cn1ncc2c(SCC(=O)Nc3sc4c(c3C(=O)c3ccccc3)CCCC4)ncnc21. The van der Waals surface area contributed by atoms with Crippen molar-refractivity contribution in [3.63, 3.8) is 0 Å². The van der Waals surface area contributed by atoms with E-state index in [4.69, 9.17) is 0 Å². The van der Waals surface area contributed by atoms with Crippen LogP contribution < -0.4 is 5.32 Å². The van der Waals surface area contributed by atoms with E-state index in [0.29, 0.717) is 21.2 Å². The average Bonchev–Trinajstić information content (AvgIpc) is 3.38. The number of aromatic nitrogens is 4. The van der Waals surface area contributed by atoms with Crippen LogP contribution >= 0.6 is 23.1 Å². The molecule has 3 aromatic heterocycles. The van der Waals surface area contributed by atoms with Crippen LogP contribution in [0.5, 0.6) is 0 Å². The highest BCUT2D eigenvalue weighted by atomic mass is 32.2. The fourth-order valence-corrected chi connectivity index (χ4v) is 6.04. The van der Waals surface area contributed by atoms with Crippen LogP contribution in [0, 0.1) is 0 Å². The van der Waals surface area contributed by atoms with Gasteiger partial charge in [-0.25, -0.2) is 9.97 Å². The first-order chi connectivity index (χ1) is 15.6. The maximum atomic E-state index is 13.3. The van der Waals surface area contributed by atoms with Gasteiger partial charge in [0.15, 0.2) is 11.4 Å². The molecule has 5 rings (SSSR count). The Bertz CT molecular complexity index is 1310. The van der Waals surface area contributed by atoms with Crippen molar-refractivity contribution in [2.75, 3.05) is 11.1 Å². The predicted molar refractivity (Wildman–Crippen MR) is 126 cm³/mol. The van der Waals surface area contributed by atoms with Crippen LogP contribution in [0.25, 0.3) is 11.0 Å². The third-order valence-electron chi connectivity index (χ3n) is 5.52. The van der Waals surface area contributed by atoms with Crippen molar-refractivity contribution in [1.29, 1.82) is 0 Å². The van der Waals surface area contributed by atoms with Crippen molar-refractivity contribution in [2.24, 2.45) is 7.05 Å². The molecule has 0 atom stereocenters. The number of benzene rings is 1. The molecule has 1 N–H and O–H groups in total. The highest BCUT2D eigenvalue weighted by molar-refractivity contribution is 8.00. The zero-order valence-corrected chi connectivity index (χ0v) is 19.1. The van der Waals surface area contributed by atoms with E-state index in [1.165, 1.54) is 34.3 Å². The number of carbonyl (C=O) groups is 2. The number of anilines is 1. The minimum atomic E-state index is -0.161. The smallest absolute Gasteiger partial charge is 0.235 e. The first-order valence-electron chi connectivity index (χ1n) is 10.4. The highest BCUT2D eigenvalue weighted by Gasteiger charge is 2.27. The molecule has 0 spiro atoms. The van der Waals surface area contributed by atoms with E-state index in [0.717, 1.165) is 42.3 Å². The van der Waals surface area contributed by atoms with Gasteiger partial charge in [0.1, 0.15) is 16.4 Å². The van der Waals surface area contributed by atoms with Crippen molar-refractivity contribution in [2.45, 2.75) is 30.7 Å². The second-order valence-electron chi connectivity index (χ2n) is 7.63. The van der Waals surface area contributed by atoms with Crippen LogP contribution in [-0.2, 0) is 24.7 Å². The number of ketones is 1. The molecule has 0 saturated heterocycles. The molecule has 0 unspecified atom stereocenters. The second kappa shape index (κ2) is 8.84. The predicted octanol–water partition coefficient (Wildman–Crippen LogP) is 4.27. The first kappa shape index (κ1) is 20.8. The van der Waals surface area contributed by atoms with Gasteiger partial charge in [-0.15, -0.1) is 11.3 Å². The number of hydrogen-bond donors (Lipinski definition) is 1. The molecule has 7 nitrogen and oxygen atoms in total. The van der Waals surface area contributed by atoms with Crippen molar-refractivity contribution < 1.29 is 9.59 Å². The molecular formula is C23H21N5O2S2. The van der Waals surface area contributed by atoms with Gasteiger partial charge >= 0.3 is 0 Å². The van der Waals surface area contributed by atoms with Crippen LogP contribution in [-0.4, -0.2) is 37.2 Å². The summed E-state index contributed by atoms with van der Waals surface area (Å²) in [5.74, 6) is -0.00472. The van der Waals surface area contributed by atoms with Gasteiger partial charge in [-0.2, -0.15) is 5.10 Å². The van der Waals surface area contributed by atoms with Crippen molar-refractivity contribution >= 4 is 50.8 Å². The van der Waals surface area contributed by atoms with Gasteiger partial charge in [-0.3, -0.25) is 14.3 Å². The Morgan fingerprint density at radius 2 is 1.97 bits per heavy atom. The highest BCUT2D eigenvalue weighted by Crippen LogP contribution is 2.39. The summed E-state index contributed by atoms with van der Waals surface area (Å²) in [5.41, 5.74) is 3.13. The van der Waals surface area contributed by atoms with Gasteiger partial charge in [-0.05, 0) is 31.2 Å². The second-order valence-corrected chi connectivity index (χ2v) is 9.70. The summed E-state index contributed by atoms with van der Waals surface area (Å²) in [4.78, 5) is 35.9. The summed E-state index contributed by atoms with van der Waals surface area (Å²) in [6, 6.07) is 9.27. The number of aryl methyl sites for hydroxylation is 2. The normalized spacial score (nSPS) is 13.2. The number of nitrogens with zero attached hydrogens (tertiary/aromatic N) is 4. The van der Waals surface area contributed by atoms with E-state index >= 15 is 0 Å². The molecule has 0 bridgehead atoms. The molecule has 3 heterocycles. The summed E-state index contributed by atoms with van der Waals surface area (Å²) < 4.78 is 1.68. The van der Waals surface area contributed by atoms with Crippen LogP contribution in [0.3, 0.4) is 0 Å². The van der Waals surface area contributed by atoms with Crippen LogP contribution in [0.1, 0.15) is 39.2 Å². The van der Waals surface area contributed by atoms with Gasteiger partial charge in [0, 0.05) is 17.5 Å². The summed E-state index contributed by atoms with van der Waals surface area (Å²) >= 11 is 2.88. The van der Waals surface area contributed by atoms with E-state index in [1.807, 2.05) is 37.4 Å². The zero-order valence-electron chi connectivity index (χ0n) is 17.5. The molecule has 9 heteroatoms. The Hall–Kier alpha value is -3.04. The number of carbonyl (C=O) groups excluding carboxylic acids is 2. The van der Waals surface area contributed by atoms with E-state index < -0.39 is 0 Å². The minimum Gasteiger partial charge on any atom is -0.316 e. The molecule has 0 radical (unpaired) electrons. The fourth-order valence-electron chi connectivity index (χ4n) is 3.98. The molecule has 0 aliphatic heterocycles. The van der Waals surface area contributed by atoms with Crippen molar-refractivity contribution in [1.82, 2.24) is 19.7 Å². The maximum absolute atomic E-state index is 13.3. The molecule has 0 saturated carbocycles. The van der Waals surface area contributed by atoms with E-state index in [1.54, 1.807) is 10.9 Å². The third kappa shape index (κ3) is 3.93. The maximum Gasteiger partial charge on any atom is 0.235 e. The van der Waals surface area contributed by atoms with E-state index in [-0.39, 0.29) is 17.4 Å². The Balaban J connectivity index is 1.38. The lowest BCUT2D eigenvalue weighted by Crippen LogP contribution is -2.16. The Morgan fingerprint density at radius 1 is 1.16 bits per heavy atom. The van der Waals surface area contributed by atoms with Gasteiger partial charge < -0.3 is 5.32 Å². The van der Waals surface area contributed by atoms with Crippen molar-refractivity contribution in [3.05, 3.63) is 64.4 Å². The van der Waals surface area contributed by atoms with Crippen LogP contribution in [0.4, 0.5) is 5.00 Å². The molecule has 1 aliphatic rings. The number of thiophene rings is 1. The summed E-state index contributed by atoms with van der Waals surface area (Å²) in [6.45, 7) is 0. The average molecular weight is 464 g/mol. The monoisotopic (exact) mass is 463 g/mol. The standard InChI is InChI=1S/C23H21N5O2S2/c1-28-21-16(11-26-28)22(25-13-24-21)31-12-18(29)27-23-19(15-9-5-6-10-17(15)32-23)20(30)14-7-3-2-4-8-14/h2-4,7-8,11,13H,5-6,9-10,12H2,1H3,(H,27,29). The molecule has 1 aromatic carbocycles. The first-order valence-corrected chi connectivity index (χ1v) is 12.2. The number of fused-ring (bicyclic) bond motifs is 2. The molecule has 32 heavy (non-hydrogen) atoms. The molecule has 1 aliphatic carbocycles. The van der Waals surface area contributed by atoms with Crippen molar-refractivity contribution in [3.8, 4) is 0 Å².